The van der Waals surface area contributed by atoms with Crippen molar-refractivity contribution in [3.8, 4) is 16.9 Å². The van der Waals surface area contributed by atoms with Crippen LogP contribution in [0.1, 0.15) is 11.1 Å². The summed E-state index contributed by atoms with van der Waals surface area (Å²) in [5, 5.41) is 4.81. The van der Waals surface area contributed by atoms with E-state index in [1.165, 1.54) is 0 Å². The molecule has 0 spiro atoms. The summed E-state index contributed by atoms with van der Waals surface area (Å²) in [6.07, 6.45) is 1.99. The highest BCUT2D eigenvalue weighted by Gasteiger charge is 2.17. The molecular formula is C26H25N3O2. The molecule has 0 aliphatic heterocycles. The molecule has 156 valence electrons. The minimum absolute atomic E-state index is 0.0406. The average Bonchev–Trinajstić information content (AvgIpc) is 3.24. The van der Waals surface area contributed by atoms with Gasteiger partial charge in [0.25, 0.3) is 0 Å². The number of hydrogen-bond donors (Lipinski definition) is 0. The summed E-state index contributed by atoms with van der Waals surface area (Å²) < 4.78 is 7.48. The van der Waals surface area contributed by atoms with E-state index < -0.39 is 0 Å². The van der Waals surface area contributed by atoms with Crippen molar-refractivity contribution in [3.63, 3.8) is 0 Å². The molecule has 0 radical (unpaired) electrons. The van der Waals surface area contributed by atoms with Gasteiger partial charge in [-0.05, 0) is 17.7 Å². The fourth-order valence-corrected chi connectivity index (χ4v) is 3.36. The summed E-state index contributed by atoms with van der Waals surface area (Å²) in [7, 11) is 1.79. The highest BCUT2D eigenvalue weighted by Crippen LogP contribution is 2.24. The van der Waals surface area contributed by atoms with Crippen LogP contribution in [0.4, 0.5) is 0 Å². The molecule has 1 heterocycles. The Bertz CT molecular complexity index is 1110. The van der Waals surface area contributed by atoms with Crippen LogP contribution < -0.4 is 0 Å². The molecule has 4 rings (SSSR count). The van der Waals surface area contributed by atoms with Gasteiger partial charge in [0, 0.05) is 30.9 Å². The van der Waals surface area contributed by atoms with Crippen molar-refractivity contribution in [2.75, 3.05) is 13.7 Å². The molecule has 5 heteroatoms. The van der Waals surface area contributed by atoms with E-state index in [1.807, 2.05) is 102 Å². The van der Waals surface area contributed by atoms with Gasteiger partial charge in [0.1, 0.15) is 6.61 Å². The first-order valence-electron chi connectivity index (χ1n) is 10.3. The third kappa shape index (κ3) is 5.27. The zero-order valence-corrected chi connectivity index (χ0v) is 17.5. The Kier molecular flexibility index (Phi) is 6.55. The zero-order valence-electron chi connectivity index (χ0n) is 17.5. The summed E-state index contributed by atoms with van der Waals surface area (Å²) in [6.45, 7) is 0.908. The first-order chi connectivity index (χ1) is 15.2. The highest BCUT2D eigenvalue weighted by atomic mass is 16.5. The number of likely N-dealkylation sites (N-methyl/N-ethyl adjacent to an activating group) is 1. The Morgan fingerprint density at radius 1 is 0.903 bits per heavy atom. The Hall–Kier alpha value is -3.70. The molecule has 1 amide bonds. The third-order valence-electron chi connectivity index (χ3n) is 5.03. The van der Waals surface area contributed by atoms with Crippen LogP contribution >= 0.6 is 0 Å². The van der Waals surface area contributed by atoms with E-state index in [9.17, 15) is 4.79 Å². The van der Waals surface area contributed by atoms with Crippen LogP contribution in [-0.4, -0.2) is 34.2 Å². The van der Waals surface area contributed by atoms with Gasteiger partial charge in [0.2, 0.25) is 5.91 Å². The molecule has 1 aromatic heterocycles. The number of aromatic nitrogens is 2. The van der Waals surface area contributed by atoms with Gasteiger partial charge in [0.05, 0.1) is 18.0 Å². The van der Waals surface area contributed by atoms with E-state index in [-0.39, 0.29) is 12.5 Å². The first kappa shape index (κ1) is 20.6. The molecule has 5 nitrogen and oxygen atoms in total. The number of carbonyl (C=O) groups is 1. The van der Waals surface area contributed by atoms with Gasteiger partial charge in [-0.15, -0.1) is 0 Å². The second-order valence-electron chi connectivity index (χ2n) is 7.38. The monoisotopic (exact) mass is 411 g/mol. The summed E-state index contributed by atoms with van der Waals surface area (Å²) in [6, 6.07) is 29.9. The Labute approximate surface area is 182 Å². The SMILES string of the molecule is CN(Cc1cn(-c2ccccc2)nc1-c1ccccc1)C(=O)COCc1ccccc1. The number of ether oxygens (including phenoxy) is 1. The minimum Gasteiger partial charge on any atom is -0.367 e. The number of amides is 1. The number of carbonyl (C=O) groups excluding carboxylic acids is 1. The van der Waals surface area contributed by atoms with Crippen molar-refractivity contribution >= 4 is 5.91 Å². The summed E-state index contributed by atoms with van der Waals surface area (Å²) >= 11 is 0. The predicted octanol–water partition coefficient (Wildman–Crippen LogP) is 4.71. The molecule has 0 aliphatic rings. The van der Waals surface area contributed by atoms with Crippen molar-refractivity contribution < 1.29 is 9.53 Å². The number of rotatable bonds is 8. The number of para-hydroxylation sites is 1. The highest BCUT2D eigenvalue weighted by molar-refractivity contribution is 5.77. The molecular weight excluding hydrogens is 386 g/mol. The van der Waals surface area contributed by atoms with Crippen LogP contribution in [0.2, 0.25) is 0 Å². The van der Waals surface area contributed by atoms with Crippen LogP contribution in [0, 0.1) is 0 Å². The quantitative estimate of drug-likeness (QED) is 0.422. The van der Waals surface area contributed by atoms with Gasteiger partial charge in [0.15, 0.2) is 0 Å². The van der Waals surface area contributed by atoms with Crippen LogP contribution in [0.15, 0.2) is 97.2 Å². The van der Waals surface area contributed by atoms with Crippen molar-refractivity contribution in [1.82, 2.24) is 14.7 Å². The largest absolute Gasteiger partial charge is 0.367 e. The molecule has 0 saturated heterocycles. The number of benzene rings is 3. The van der Waals surface area contributed by atoms with Crippen molar-refractivity contribution in [1.29, 1.82) is 0 Å². The lowest BCUT2D eigenvalue weighted by Gasteiger charge is -2.17. The van der Waals surface area contributed by atoms with Gasteiger partial charge in [-0.2, -0.15) is 5.10 Å². The first-order valence-corrected chi connectivity index (χ1v) is 10.3. The molecule has 0 saturated carbocycles. The van der Waals surface area contributed by atoms with Crippen molar-refractivity contribution in [3.05, 3.63) is 108 Å². The lowest BCUT2D eigenvalue weighted by molar-refractivity contribution is -0.135. The molecule has 0 N–H and O–H groups in total. The zero-order chi connectivity index (χ0) is 21.5. The van der Waals surface area contributed by atoms with E-state index >= 15 is 0 Å². The number of hydrogen-bond acceptors (Lipinski definition) is 3. The van der Waals surface area contributed by atoms with E-state index in [1.54, 1.807) is 11.9 Å². The van der Waals surface area contributed by atoms with Gasteiger partial charge < -0.3 is 9.64 Å². The molecule has 0 unspecified atom stereocenters. The standard InChI is InChI=1S/C26H25N3O2/c1-28(25(30)20-31-19-21-11-5-2-6-12-21)17-23-18-29(24-15-9-4-10-16-24)27-26(23)22-13-7-3-8-14-22/h2-16,18H,17,19-20H2,1H3. The smallest absolute Gasteiger partial charge is 0.248 e. The van der Waals surface area contributed by atoms with Crippen LogP contribution in [0.25, 0.3) is 16.9 Å². The maximum absolute atomic E-state index is 12.6. The van der Waals surface area contributed by atoms with Crippen LogP contribution in [-0.2, 0) is 22.7 Å². The third-order valence-corrected chi connectivity index (χ3v) is 5.03. The van der Waals surface area contributed by atoms with Gasteiger partial charge in [-0.3, -0.25) is 4.79 Å². The molecule has 0 atom stereocenters. The Morgan fingerprint density at radius 2 is 1.52 bits per heavy atom. The molecule has 4 aromatic rings. The Balaban J connectivity index is 1.48. The molecule has 0 fully saturated rings. The topological polar surface area (TPSA) is 47.4 Å². The second kappa shape index (κ2) is 9.87. The predicted molar refractivity (Wildman–Crippen MR) is 122 cm³/mol. The second-order valence-corrected chi connectivity index (χ2v) is 7.38. The summed E-state index contributed by atoms with van der Waals surface area (Å²) in [5.41, 5.74) is 4.90. The van der Waals surface area contributed by atoms with E-state index in [0.29, 0.717) is 13.2 Å². The van der Waals surface area contributed by atoms with Crippen LogP contribution in [0.3, 0.4) is 0 Å². The molecule has 31 heavy (non-hydrogen) atoms. The molecule has 0 bridgehead atoms. The van der Waals surface area contributed by atoms with Crippen LogP contribution in [0.5, 0.6) is 0 Å². The molecule has 3 aromatic carbocycles. The van der Waals surface area contributed by atoms with Gasteiger partial charge in [-0.25, -0.2) is 4.68 Å². The van der Waals surface area contributed by atoms with Crippen molar-refractivity contribution in [2.24, 2.45) is 0 Å². The van der Waals surface area contributed by atoms with Crippen molar-refractivity contribution in [2.45, 2.75) is 13.2 Å². The van der Waals surface area contributed by atoms with Gasteiger partial charge in [-0.1, -0.05) is 78.9 Å². The fraction of sp³-hybridized carbons (Fsp3) is 0.154. The molecule has 0 aliphatic carbocycles. The maximum atomic E-state index is 12.6. The summed E-state index contributed by atoms with van der Waals surface area (Å²) in [4.78, 5) is 14.3. The average molecular weight is 412 g/mol. The van der Waals surface area contributed by atoms with E-state index in [4.69, 9.17) is 9.84 Å². The Morgan fingerprint density at radius 3 is 2.19 bits per heavy atom. The summed E-state index contributed by atoms with van der Waals surface area (Å²) in [5.74, 6) is -0.0672. The maximum Gasteiger partial charge on any atom is 0.248 e. The number of nitrogens with zero attached hydrogens (tertiary/aromatic N) is 3. The fourth-order valence-electron chi connectivity index (χ4n) is 3.36. The normalized spacial score (nSPS) is 10.7. The van der Waals surface area contributed by atoms with Gasteiger partial charge >= 0.3 is 0 Å². The minimum atomic E-state index is -0.0672. The van der Waals surface area contributed by atoms with E-state index in [2.05, 4.69) is 0 Å². The lowest BCUT2D eigenvalue weighted by atomic mass is 10.1. The van der Waals surface area contributed by atoms with E-state index in [0.717, 1.165) is 28.1 Å². The lowest BCUT2D eigenvalue weighted by Crippen LogP contribution is -2.29.